The first-order valence-electron chi connectivity index (χ1n) is 7.11. The van der Waals surface area contributed by atoms with Gasteiger partial charge in [-0.25, -0.2) is 14.4 Å². The number of hydrogen-bond donors (Lipinski definition) is 2. The van der Waals surface area contributed by atoms with Gasteiger partial charge in [0.15, 0.2) is 0 Å². The van der Waals surface area contributed by atoms with Gasteiger partial charge in [0.25, 0.3) is 0 Å². The quantitative estimate of drug-likeness (QED) is 0.726. The third kappa shape index (κ3) is 3.57. The van der Waals surface area contributed by atoms with E-state index < -0.39 is 12.8 Å². The molecule has 0 unspecified atom stereocenters. The summed E-state index contributed by atoms with van der Waals surface area (Å²) in [5.74, 6) is 1.39. The first kappa shape index (κ1) is 15.6. The standard InChI is InChI=1S/C16H16FN3O2S/c1-18-15-5-2-10(8-19-15)16-20-13-4-3-12(6-14(13)23-16)22-9-11(21)7-17/h2-6,8,11,21H,7,9H2,1H3,(H,18,19)/t11-/m0/s1/i17-1. The molecule has 2 N–H and O–H groups in total. The monoisotopic (exact) mass is 332 g/mol. The highest BCUT2D eigenvalue weighted by Crippen LogP contribution is 2.32. The molecule has 0 bridgehead atoms. The van der Waals surface area contributed by atoms with E-state index >= 15 is 0 Å². The number of aliphatic hydroxyl groups excluding tert-OH is 1. The molecule has 0 spiro atoms. The van der Waals surface area contributed by atoms with Crippen molar-refractivity contribution in [2.45, 2.75) is 6.10 Å². The Hall–Kier alpha value is -2.25. The van der Waals surface area contributed by atoms with Crippen LogP contribution in [-0.4, -0.2) is 41.5 Å². The van der Waals surface area contributed by atoms with Crippen LogP contribution in [0.15, 0.2) is 36.5 Å². The molecular weight excluding hydrogens is 316 g/mol. The lowest BCUT2D eigenvalue weighted by atomic mass is 10.3. The van der Waals surface area contributed by atoms with Gasteiger partial charge in [0.05, 0.1) is 10.2 Å². The molecule has 0 saturated carbocycles. The van der Waals surface area contributed by atoms with Crippen LogP contribution in [0.5, 0.6) is 5.75 Å². The fraction of sp³-hybridized carbons (Fsp3) is 0.250. The number of benzene rings is 1. The maximum Gasteiger partial charge on any atom is 0.126 e. The van der Waals surface area contributed by atoms with Crippen molar-refractivity contribution in [2.24, 2.45) is 0 Å². The molecule has 2 heterocycles. The summed E-state index contributed by atoms with van der Waals surface area (Å²) < 4.78 is 18.6. The fourth-order valence-electron chi connectivity index (χ4n) is 2.02. The van der Waals surface area contributed by atoms with Crippen LogP contribution in [-0.2, 0) is 0 Å². The number of aliphatic hydroxyl groups is 1. The van der Waals surface area contributed by atoms with Gasteiger partial charge < -0.3 is 15.2 Å². The number of alkyl halides is 1. The zero-order chi connectivity index (χ0) is 16.2. The van der Waals surface area contributed by atoms with Crippen molar-refractivity contribution in [3.05, 3.63) is 36.5 Å². The van der Waals surface area contributed by atoms with Crippen LogP contribution < -0.4 is 10.1 Å². The molecule has 0 aliphatic heterocycles. The first-order valence-corrected chi connectivity index (χ1v) is 7.93. The maximum absolute atomic E-state index is 12.2. The van der Waals surface area contributed by atoms with Crippen LogP contribution in [0.1, 0.15) is 0 Å². The molecular formula is C16H16FN3O2S. The number of nitrogens with one attached hydrogen (secondary N) is 1. The number of pyridine rings is 1. The number of hydrogen-bond acceptors (Lipinski definition) is 6. The Morgan fingerprint density at radius 1 is 1.35 bits per heavy atom. The van der Waals surface area contributed by atoms with E-state index in [0.717, 1.165) is 26.6 Å². The number of nitrogens with zero attached hydrogens (tertiary/aromatic N) is 2. The second kappa shape index (κ2) is 6.89. The van der Waals surface area contributed by atoms with Crippen molar-refractivity contribution in [3.8, 4) is 16.3 Å². The Morgan fingerprint density at radius 2 is 2.22 bits per heavy atom. The number of anilines is 1. The van der Waals surface area contributed by atoms with Crippen molar-refractivity contribution in [3.63, 3.8) is 0 Å². The van der Waals surface area contributed by atoms with Crippen LogP contribution in [0.3, 0.4) is 0 Å². The highest BCUT2D eigenvalue weighted by atomic mass is 32.1. The largest absolute Gasteiger partial charge is 0.491 e. The summed E-state index contributed by atoms with van der Waals surface area (Å²) >= 11 is 1.53. The van der Waals surface area contributed by atoms with Gasteiger partial charge in [-0.05, 0) is 30.3 Å². The van der Waals surface area contributed by atoms with E-state index in [0.29, 0.717) is 5.75 Å². The lowest BCUT2D eigenvalue weighted by molar-refractivity contribution is 0.0842. The minimum absolute atomic E-state index is 0.0664. The summed E-state index contributed by atoms with van der Waals surface area (Å²) in [5, 5.41) is 13.1. The smallest absolute Gasteiger partial charge is 0.126 e. The first-order chi connectivity index (χ1) is 11.2. The normalized spacial score (nSPS) is 12.3. The Bertz CT molecular complexity index is 792. The van der Waals surface area contributed by atoms with E-state index in [1.54, 1.807) is 12.3 Å². The number of halogens is 1. The predicted molar refractivity (Wildman–Crippen MR) is 89.9 cm³/mol. The Morgan fingerprint density at radius 3 is 2.91 bits per heavy atom. The molecule has 5 nitrogen and oxygen atoms in total. The summed E-state index contributed by atoms with van der Waals surface area (Å²) in [4.78, 5) is 8.87. The van der Waals surface area contributed by atoms with E-state index in [4.69, 9.17) is 4.74 Å². The Balaban J connectivity index is 1.83. The molecule has 2 aromatic heterocycles. The Labute approximate surface area is 136 Å². The van der Waals surface area contributed by atoms with Gasteiger partial charge >= 0.3 is 0 Å². The van der Waals surface area contributed by atoms with E-state index in [-0.39, 0.29) is 6.61 Å². The summed E-state index contributed by atoms with van der Waals surface area (Å²) in [6.07, 6.45) is 0.679. The van der Waals surface area contributed by atoms with Gasteiger partial charge in [0, 0.05) is 18.8 Å². The van der Waals surface area contributed by atoms with Crippen molar-refractivity contribution in [1.29, 1.82) is 0 Å². The number of aromatic nitrogens is 2. The average Bonchev–Trinajstić information content (AvgIpc) is 3.03. The van der Waals surface area contributed by atoms with Crippen molar-refractivity contribution in [1.82, 2.24) is 9.97 Å². The molecule has 0 amide bonds. The molecule has 7 heteroatoms. The fourth-order valence-corrected chi connectivity index (χ4v) is 3.01. The van der Waals surface area contributed by atoms with E-state index in [2.05, 4.69) is 15.3 Å². The topological polar surface area (TPSA) is 67.3 Å². The van der Waals surface area contributed by atoms with Gasteiger partial charge in [-0.2, -0.15) is 0 Å². The summed E-state index contributed by atoms with van der Waals surface area (Å²) in [7, 11) is 1.82. The summed E-state index contributed by atoms with van der Waals surface area (Å²) in [5.41, 5.74) is 1.81. The third-order valence-electron chi connectivity index (χ3n) is 3.25. The second-order valence-corrected chi connectivity index (χ2v) is 5.98. The van der Waals surface area contributed by atoms with Crippen LogP contribution >= 0.6 is 11.3 Å². The minimum Gasteiger partial charge on any atom is -0.491 e. The van der Waals surface area contributed by atoms with Gasteiger partial charge in [-0.15, -0.1) is 11.3 Å². The van der Waals surface area contributed by atoms with Crippen LogP contribution in [0.25, 0.3) is 20.8 Å². The highest BCUT2D eigenvalue weighted by Gasteiger charge is 2.09. The van der Waals surface area contributed by atoms with Crippen LogP contribution in [0, 0.1) is 0 Å². The number of fused-ring (bicyclic) bond motifs is 1. The molecule has 120 valence electrons. The lowest BCUT2D eigenvalue weighted by Gasteiger charge is -2.08. The zero-order valence-electron chi connectivity index (χ0n) is 12.5. The van der Waals surface area contributed by atoms with Gasteiger partial charge in [-0.1, -0.05) is 0 Å². The third-order valence-corrected chi connectivity index (χ3v) is 4.31. The molecule has 1 aromatic carbocycles. The van der Waals surface area contributed by atoms with Crippen LogP contribution in [0.4, 0.5) is 10.2 Å². The van der Waals surface area contributed by atoms with Gasteiger partial charge in [0.2, 0.25) is 0 Å². The zero-order valence-corrected chi connectivity index (χ0v) is 13.3. The highest BCUT2D eigenvalue weighted by molar-refractivity contribution is 7.21. The molecule has 3 rings (SSSR count). The van der Waals surface area contributed by atoms with E-state index in [1.165, 1.54) is 11.3 Å². The van der Waals surface area contributed by atoms with E-state index in [9.17, 15) is 9.50 Å². The Kier molecular flexibility index (Phi) is 4.68. The van der Waals surface area contributed by atoms with Gasteiger partial charge in [-0.3, -0.25) is 0 Å². The molecule has 3 aromatic rings. The lowest BCUT2D eigenvalue weighted by Crippen LogP contribution is -2.19. The molecule has 0 aliphatic carbocycles. The van der Waals surface area contributed by atoms with Crippen molar-refractivity contribution >= 4 is 27.4 Å². The van der Waals surface area contributed by atoms with E-state index in [1.807, 2.05) is 31.3 Å². The maximum atomic E-state index is 12.2. The molecule has 23 heavy (non-hydrogen) atoms. The molecule has 0 fully saturated rings. The molecule has 0 aliphatic rings. The van der Waals surface area contributed by atoms with Crippen molar-refractivity contribution in [2.75, 3.05) is 25.6 Å². The van der Waals surface area contributed by atoms with Crippen LogP contribution in [0.2, 0.25) is 0 Å². The molecule has 1 atom stereocenters. The average molecular weight is 332 g/mol. The second-order valence-electron chi connectivity index (χ2n) is 4.95. The van der Waals surface area contributed by atoms with Gasteiger partial charge in [0.1, 0.15) is 36.0 Å². The summed E-state index contributed by atoms with van der Waals surface area (Å²) in [6, 6.07) is 9.32. The molecule has 0 saturated heterocycles. The molecule has 0 radical (unpaired) electrons. The minimum atomic E-state index is -1.10. The number of thiazole rings is 1. The number of rotatable bonds is 6. The SMILES string of the molecule is CNc1ccc(-c2nc3ccc(OC[C@@H](O)C[18F])cc3s2)cn1. The van der Waals surface area contributed by atoms with Crippen molar-refractivity contribution < 1.29 is 14.2 Å². The number of ether oxygens (including phenoxy) is 1. The summed E-state index contributed by atoms with van der Waals surface area (Å²) in [6.45, 7) is -0.883. The predicted octanol–water partition coefficient (Wildman–Crippen LogP) is 3.11.